The molecular weight excluding hydrogens is 238 g/mol. The molecule has 0 heterocycles. The maximum atomic E-state index is 5.84. The van der Waals surface area contributed by atoms with E-state index < -0.39 is 0 Å². The summed E-state index contributed by atoms with van der Waals surface area (Å²) in [5.41, 5.74) is 1.22. The second-order valence-electron chi connectivity index (χ2n) is 4.60. The van der Waals surface area contributed by atoms with Crippen LogP contribution in [0.25, 0.3) is 0 Å². The van der Waals surface area contributed by atoms with Gasteiger partial charge >= 0.3 is 0 Å². The van der Waals surface area contributed by atoms with E-state index in [0.29, 0.717) is 19.3 Å². The summed E-state index contributed by atoms with van der Waals surface area (Å²) < 4.78 is 11.3. The highest BCUT2D eigenvalue weighted by Crippen LogP contribution is 2.26. The molecule has 0 aliphatic heterocycles. The molecule has 1 rings (SSSR count). The lowest BCUT2D eigenvalue weighted by Gasteiger charge is -2.18. The molecule has 0 fully saturated rings. The van der Waals surface area contributed by atoms with E-state index in [4.69, 9.17) is 9.47 Å². The standard InChI is InChI=1S/C16H27NO2/c1-4-6-11-18-12-13-19-16-10-8-7-9-14(16)15(5-2)17-3/h7-10,15,17H,4-6,11-13H2,1-3H3. The third-order valence-corrected chi connectivity index (χ3v) is 3.18. The Morgan fingerprint density at radius 2 is 1.89 bits per heavy atom. The Hall–Kier alpha value is -1.06. The van der Waals surface area contributed by atoms with Gasteiger partial charge in [0.25, 0.3) is 0 Å². The molecule has 0 saturated heterocycles. The van der Waals surface area contributed by atoms with Crippen LogP contribution < -0.4 is 10.1 Å². The topological polar surface area (TPSA) is 30.5 Å². The van der Waals surface area contributed by atoms with Gasteiger partial charge in [0, 0.05) is 18.2 Å². The molecule has 0 aliphatic rings. The quantitative estimate of drug-likeness (QED) is 0.656. The molecular formula is C16H27NO2. The van der Waals surface area contributed by atoms with Gasteiger partial charge in [-0.25, -0.2) is 0 Å². The Bertz CT molecular complexity index is 337. The Morgan fingerprint density at radius 1 is 1.11 bits per heavy atom. The van der Waals surface area contributed by atoms with E-state index in [1.807, 2.05) is 19.2 Å². The van der Waals surface area contributed by atoms with Crippen molar-refractivity contribution in [2.24, 2.45) is 0 Å². The molecule has 0 amide bonds. The number of ether oxygens (including phenoxy) is 2. The second kappa shape index (κ2) is 9.82. The van der Waals surface area contributed by atoms with E-state index in [-0.39, 0.29) is 0 Å². The van der Waals surface area contributed by atoms with E-state index in [9.17, 15) is 0 Å². The predicted octanol–water partition coefficient (Wildman–Crippen LogP) is 3.55. The normalized spacial score (nSPS) is 12.4. The summed E-state index contributed by atoms with van der Waals surface area (Å²) in [6.45, 7) is 6.44. The Kier molecular flexibility index (Phi) is 8.26. The first-order valence-electron chi connectivity index (χ1n) is 7.30. The average molecular weight is 265 g/mol. The zero-order valence-electron chi connectivity index (χ0n) is 12.4. The van der Waals surface area contributed by atoms with Crippen LogP contribution in [-0.4, -0.2) is 26.9 Å². The number of nitrogens with one attached hydrogen (secondary N) is 1. The summed E-state index contributed by atoms with van der Waals surface area (Å²) in [5.74, 6) is 0.961. The van der Waals surface area contributed by atoms with Crippen LogP contribution in [0.1, 0.15) is 44.7 Å². The van der Waals surface area contributed by atoms with Gasteiger partial charge in [0.05, 0.1) is 6.61 Å². The Labute approximate surface area is 117 Å². The summed E-state index contributed by atoms with van der Waals surface area (Å²) in [7, 11) is 1.98. The van der Waals surface area contributed by atoms with Crippen LogP contribution in [-0.2, 0) is 4.74 Å². The lowest BCUT2D eigenvalue weighted by atomic mass is 10.0. The van der Waals surface area contributed by atoms with Crippen molar-refractivity contribution in [2.45, 2.75) is 39.2 Å². The minimum absolute atomic E-state index is 0.345. The number of para-hydroxylation sites is 1. The minimum atomic E-state index is 0.345. The van der Waals surface area contributed by atoms with Gasteiger partial charge in [-0.3, -0.25) is 0 Å². The second-order valence-corrected chi connectivity index (χ2v) is 4.60. The molecule has 3 heteroatoms. The molecule has 0 radical (unpaired) electrons. The van der Waals surface area contributed by atoms with Crippen molar-refractivity contribution in [1.82, 2.24) is 5.32 Å². The van der Waals surface area contributed by atoms with Crippen LogP contribution in [0.2, 0.25) is 0 Å². The van der Waals surface area contributed by atoms with Crippen molar-refractivity contribution in [1.29, 1.82) is 0 Å². The number of hydrogen-bond donors (Lipinski definition) is 1. The molecule has 1 unspecified atom stereocenters. The summed E-state index contributed by atoms with van der Waals surface area (Å²) in [5, 5.41) is 3.32. The van der Waals surface area contributed by atoms with Crippen molar-refractivity contribution in [3.05, 3.63) is 29.8 Å². The first-order chi connectivity index (χ1) is 9.33. The molecule has 0 aliphatic carbocycles. The van der Waals surface area contributed by atoms with E-state index in [0.717, 1.165) is 25.2 Å². The highest BCUT2D eigenvalue weighted by molar-refractivity contribution is 5.35. The van der Waals surface area contributed by atoms with Gasteiger partial charge in [-0.05, 0) is 26.0 Å². The van der Waals surface area contributed by atoms with Crippen LogP contribution in [0, 0.1) is 0 Å². The van der Waals surface area contributed by atoms with Gasteiger partial charge in [-0.15, -0.1) is 0 Å². The number of hydrogen-bond acceptors (Lipinski definition) is 3. The van der Waals surface area contributed by atoms with E-state index in [1.165, 1.54) is 12.0 Å². The number of rotatable bonds is 10. The predicted molar refractivity (Wildman–Crippen MR) is 79.8 cm³/mol. The summed E-state index contributed by atoms with van der Waals surface area (Å²) in [6.07, 6.45) is 3.34. The maximum absolute atomic E-state index is 5.84. The fraction of sp³-hybridized carbons (Fsp3) is 0.625. The average Bonchev–Trinajstić information content (AvgIpc) is 2.45. The number of benzene rings is 1. The largest absolute Gasteiger partial charge is 0.491 e. The Morgan fingerprint density at radius 3 is 2.58 bits per heavy atom. The van der Waals surface area contributed by atoms with Crippen molar-refractivity contribution in [3.63, 3.8) is 0 Å². The molecule has 19 heavy (non-hydrogen) atoms. The third kappa shape index (κ3) is 5.62. The summed E-state index contributed by atoms with van der Waals surface area (Å²) >= 11 is 0. The number of unbranched alkanes of at least 4 members (excludes halogenated alkanes) is 1. The fourth-order valence-corrected chi connectivity index (χ4v) is 2.04. The van der Waals surface area contributed by atoms with E-state index >= 15 is 0 Å². The van der Waals surface area contributed by atoms with Crippen molar-refractivity contribution >= 4 is 0 Å². The molecule has 1 aromatic rings. The van der Waals surface area contributed by atoms with Crippen LogP contribution in [0.3, 0.4) is 0 Å². The zero-order valence-corrected chi connectivity index (χ0v) is 12.4. The molecule has 1 aromatic carbocycles. The lowest BCUT2D eigenvalue weighted by molar-refractivity contribution is 0.0975. The van der Waals surface area contributed by atoms with Crippen LogP contribution in [0.15, 0.2) is 24.3 Å². The van der Waals surface area contributed by atoms with Crippen molar-refractivity contribution < 1.29 is 9.47 Å². The highest BCUT2D eigenvalue weighted by Gasteiger charge is 2.11. The summed E-state index contributed by atoms with van der Waals surface area (Å²) in [4.78, 5) is 0. The zero-order chi connectivity index (χ0) is 13.9. The smallest absolute Gasteiger partial charge is 0.124 e. The third-order valence-electron chi connectivity index (χ3n) is 3.18. The molecule has 0 aromatic heterocycles. The van der Waals surface area contributed by atoms with Gasteiger partial charge in [0.15, 0.2) is 0 Å². The molecule has 0 saturated carbocycles. The molecule has 1 atom stereocenters. The van der Waals surface area contributed by atoms with E-state index in [1.54, 1.807) is 0 Å². The van der Waals surface area contributed by atoms with Gasteiger partial charge in [0.2, 0.25) is 0 Å². The Balaban J connectivity index is 2.44. The highest BCUT2D eigenvalue weighted by atomic mass is 16.5. The first kappa shape index (κ1) is 16.0. The van der Waals surface area contributed by atoms with Crippen LogP contribution in [0.5, 0.6) is 5.75 Å². The molecule has 1 N–H and O–H groups in total. The maximum Gasteiger partial charge on any atom is 0.124 e. The molecule has 3 nitrogen and oxygen atoms in total. The van der Waals surface area contributed by atoms with Gasteiger partial charge < -0.3 is 14.8 Å². The fourth-order valence-electron chi connectivity index (χ4n) is 2.04. The van der Waals surface area contributed by atoms with Gasteiger partial charge in [-0.2, -0.15) is 0 Å². The molecule has 0 bridgehead atoms. The monoisotopic (exact) mass is 265 g/mol. The van der Waals surface area contributed by atoms with Crippen LogP contribution >= 0.6 is 0 Å². The lowest BCUT2D eigenvalue weighted by Crippen LogP contribution is -2.17. The summed E-state index contributed by atoms with van der Waals surface area (Å²) in [6, 6.07) is 8.57. The minimum Gasteiger partial charge on any atom is -0.491 e. The van der Waals surface area contributed by atoms with Crippen molar-refractivity contribution in [2.75, 3.05) is 26.9 Å². The molecule has 0 spiro atoms. The van der Waals surface area contributed by atoms with Crippen molar-refractivity contribution in [3.8, 4) is 5.75 Å². The first-order valence-corrected chi connectivity index (χ1v) is 7.30. The van der Waals surface area contributed by atoms with Gasteiger partial charge in [0.1, 0.15) is 12.4 Å². The van der Waals surface area contributed by atoms with E-state index in [2.05, 4.69) is 31.3 Å². The van der Waals surface area contributed by atoms with Gasteiger partial charge in [-0.1, -0.05) is 38.5 Å². The SMILES string of the molecule is CCCCOCCOc1ccccc1C(CC)NC. The van der Waals surface area contributed by atoms with Crippen LogP contribution in [0.4, 0.5) is 0 Å². The molecule has 108 valence electrons.